The van der Waals surface area contributed by atoms with Gasteiger partial charge in [-0.05, 0) is 45.2 Å². The molecular weight excluding hydrogens is 265 g/mol. The van der Waals surface area contributed by atoms with Crippen molar-refractivity contribution in [3.05, 3.63) is 29.5 Å². The second-order valence-electron chi connectivity index (χ2n) is 6.81. The molecule has 1 saturated heterocycles. The van der Waals surface area contributed by atoms with Gasteiger partial charge < -0.3 is 14.4 Å². The second-order valence-corrected chi connectivity index (χ2v) is 6.81. The summed E-state index contributed by atoms with van der Waals surface area (Å²) in [6.45, 7) is 12.1. The van der Waals surface area contributed by atoms with Gasteiger partial charge >= 0.3 is 7.12 Å². The highest BCUT2D eigenvalue weighted by molar-refractivity contribution is 6.52. The van der Waals surface area contributed by atoms with Crippen LogP contribution in [0.4, 0.5) is 0 Å². The van der Waals surface area contributed by atoms with Gasteiger partial charge in [-0.2, -0.15) is 0 Å². The van der Waals surface area contributed by atoms with Crippen LogP contribution >= 0.6 is 0 Å². The molecule has 0 unspecified atom stereocenters. The van der Waals surface area contributed by atoms with Crippen LogP contribution in [0.2, 0.25) is 0 Å². The predicted molar refractivity (Wildman–Crippen MR) is 85.1 cm³/mol. The lowest BCUT2D eigenvalue weighted by Gasteiger charge is -2.32. The van der Waals surface area contributed by atoms with Crippen molar-refractivity contribution in [3.8, 4) is 5.75 Å². The lowest BCUT2D eigenvalue weighted by atomic mass is 9.89. The van der Waals surface area contributed by atoms with Crippen LogP contribution in [0.25, 0.3) is 6.08 Å². The van der Waals surface area contributed by atoms with E-state index in [1.165, 1.54) is 0 Å². The van der Waals surface area contributed by atoms with Gasteiger partial charge in [-0.25, -0.2) is 0 Å². The molecule has 2 heterocycles. The minimum Gasteiger partial charge on any atom is -0.506 e. The number of nitrogens with zero attached hydrogens (tertiary/aromatic N) is 1. The normalized spacial score (nSPS) is 20.6. The molecule has 1 aromatic rings. The number of hydrogen-bond donors (Lipinski definition) is 1. The van der Waals surface area contributed by atoms with Crippen LogP contribution in [0.5, 0.6) is 5.75 Å². The lowest BCUT2D eigenvalue weighted by molar-refractivity contribution is 0.00578. The first kappa shape index (κ1) is 16.1. The Bertz CT molecular complexity index is 536. The average molecular weight is 289 g/mol. The Labute approximate surface area is 127 Å². The Kier molecular flexibility index (Phi) is 4.18. The van der Waals surface area contributed by atoms with E-state index >= 15 is 0 Å². The van der Waals surface area contributed by atoms with Gasteiger partial charge in [0.1, 0.15) is 5.75 Å². The molecule has 0 atom stereocenters. The van der Waals surface area contributed by atoms with Crippen molar-refractivity contribution < 1.29 is 14.4 Å². The van der Waals surface area contributed by atoms with Crippen LogP contribution in [0.15, 0.2) is 18.2 Å². The third-order valence-electron chi connectivity index (χ3n) is 4.18. The smallest absolute Gasteiger partial charge is 0.487 e. The van der Waals surface area contributed by atoms with Crippen LogP contribution in [-0.2, 0) is 9.31 Å². The fraction of sp³-hybridized carbons (Fsp3) is 0.562. The highest BCUT2D eigenvalue weighted by Gasteiger charge is 2.49. The van der Waals surface area contributed by atoms with Crippen molar-refractivity contribution in [2.24, 2.45) is 0 Å². The summed E-state index contributed by atoms with van der Waals surface area (Å²) in [6, 6.07) is 1.71. The molecule has 0 bridgehead atoms. The summed E-state index contributed by atoms with van der Waals surface area (Å²) < 4.78 is 11.8. The summed E-state index contributed by atoms with van der Waals surface area (Å²) >= 11 is 0. The average Bonchev–Trinajstić information content (AvgIpc) is 2.55. The molecule has 1 aliphatic rings. The summed E-state index contributed by atoms with van der Waals surface area (Å²) in [5.74, 6) is 2.27. The van der Waals surface area contributed by atoms with E-state index in [1.54, 1.807) is 12.3 Å². The molecule has 0 saturated carbocycles. The van der Waals surface area contributed by atoms with Gasteiger partial charge in [-0.1, -0.05) is 25.9 Å². The standard InChI is InChI=1S/C16H24BNO3/c1-11(2)14-13(19)9-12(10-18-14)7-8-17-20-15(3,4)16(5,6)21-17/h7-11,19H,1-6H3/b8-7+. The third-order valence-corrected chi connectivity index (χ3v) is 4.18. The monoisotopic (exact) mass is 289 g/mol. The zero-order valence-corrected chi connectivity index (χ0v) is 13.7. The fourth-order valence-corrected chi connectivity index (χ4v) is 2.17. The van der Waals surface area contributed by atoms with E-state index in [0.717, 1.165) is 5.56 Å². The van der Waals surface area contributed by atoms with E-state index in [2.05, 4.69) is 4.98 Å². The van der Waals surface area contributed by atoms with Crippen LogP contribution in [0.3, 0.4) is 0 Å². The van der Waals surface area contributed by atoms with Crippen LogP contribution in [0.1, 0.15) is 58.7 Å². The van der Waals surface area contributed by atoms with Crippen molar-refractivity contribution in [1.29, 1.82) is 0 Å². The van der Waals surface area contributed by atoms with Gasteiger partial charge in [0, 0.05) is 6.20 Å². The van der Waals surface area contributed by atoms with Crippen molar-refractivity contribution in [2.75, 3.05) is 0 Å². The highest BCUT2D eigenvalue weighted by Crippen LogP contribution is 2.37. The Hall–Kier alpha value is -1.33. The molecule has 2 rings (SSSR count). The van der Waals surface area contributed by atoms with Gasteiger partial charge in [-0.3, -0.25) is 4.98 Å². The molecule has 0 amide bonds. The maximum Gasteiger partial charge on any atom is 0.487 e. The molecule has 0 radical (unpaired) electrons. The fourth-order valence-electron chi connectivity index (χ4n) is 2.17. The molecule has 1 aromatic heterocycles. The highest BCUT2D eigenvalue weighted by atomic mass is 16.7. The van der Waals surface area contributed by atoms with E-state index in [1.807, 2.05) is 53.6 Å². The number of aromatic hydroxyl groups is 1. The molecule has 21 heavy (non-hydrogen) atoms. The summed E-state index contributed by atoms with van der Waals surface area (Å²) in [6.07, 6.45) is 3.61. The summed E-state index contributed by atoms with van der Waals surface area (Å²) in [5.41, 5.74) is 0.850. The molecular formula is C16H24BNO3. The van der Waals surface area contributed by atoms with Gasteiger partial charge in [0.2, 0.25) is 0 Å². The molecule has 1 N–H and O–H groups in total. The van der Waals surface area contributed by atoms with Gasteiger partial charge in [-0.15, -0.1) is 0 Å². The third kappa shape index (κ3) is 3.30. The number of hydrogen-bond acceptors (Lipinski definition) is 4. The lowest BCUT2D eigenvalue weighted by Crippen LogP contribution is -2.41. The van der Waals surface area contributed by atoms with Crippen molar-refractivity contribution in [2.45, 2.75) is 58.7 Å². The number of aromatic nitrogens is 1. The minimum absolute atomic E-state index is 0.200. The Morgan fingerprint density at radius 3 is 2.24 bits per heavy atom. The zero-order chi connectivity index (χ0) is 15.8. The van der Waals surface area contributed by atoms with Crippen LogP contribution < -0.4 is 0 Å². The Morgan fingerprint density at radius 1 is 1.19 bits per heavy atom. The Balaban J connectivity index is 2.11. The summed E-state index contributed by atoms with van der Waals surface area (Å²) in [4.78, 5) is 4.30. The summed E-state index contributed by atoms with van der Waals surface area (Å²) in [5, 5.41) is 9.96. The molecule has 5 heteroatoms. The van der Waals surface area contributed by atoms with Crippen molar-refractivity contribution in [1.82, 2.24) is 4.98 Å². The van der Waals surface area contributed by atoms with Gasteiger partial charge in [0.25, 0.3) is 0 Å². The summed E-state index contributed by atoms with van der Waals surface area (Å²) in [7, 11) is -0.387. The molecule has 0 aliphatic carbocycles. The molecule has 1 aliphatic heterocycles. The van der Waals surface area contributed by atoms with E-state index < -0.39 is 0 Å². The maximum atomic E-state index is 9.96. The first-order valence-electron chi connectivity index (χ1n) is 7.35. The van der Waals surface area contributed by atoms with E-state index in [0.29, 0.717) is 5.69 Å². The molecule has 1 fully saturated rings. The van der Waals surface area contributed by atoms with Crippen LogP contribution in [0, 0.1) is 0 Å². The van der Waals surface area contributed by atoms with Crippen molar-refractivity contribution in [3.63, 3.8) is 0 Å². The van der Waals surface area contributed by atoms with Gasteiger partial charge in [0.15, 0.2) is 0 Å². The Morgan fingerprint density at radius 2 is 1.76 bits per heavy atom. The molecule has 0 spiro atoms. The van der Waals surface area contributed by atoms with E-state index in [-0.39, 0.29) is 30.0 Å². The topological polar surface area (TPSA) is 51.6 Å². The molecule has 4 nitrogen and oxygen atoms in total. The first-order valence-corrected chi connectivity index (χ1v) is 7.35. The quantitative estimate of drug-likeness (QED) is 0.864. The first-order chi connectivity index (χ1) is 9.62. The maximum absolute atomic E-state index is 9.96. The van der Waals surface area contributed by atoms with Crippen molar-refractivity contribution >= 4 is 13.2 Å². The SMILES string of the molecule is CC(C)c1ncc(/C=C/B2OC(C)(C)C(C)(C)O2)cc1O. The predicted octanol–water partition coefficient (Wildman–Crippen LogP) is 3.56. The second kappa shape index (κ2) is 5.46. The number of pyridine rings is 1. The zero-order valence-electron chi connectivity index (χ0n) is 13.7. The largest absolute Gasteiger partial charge is 0.506 e. The van der Waals surface area contributed by atoms with Crippen LogP contribution in [-0.4, -0.2) is 28.4 Å². The van der Waals surface area contributed by atoms with E-state index in [9.17, 15) is 5.11 Å². The molecule has 0 aromatic carbocycles. The number of rotatable bonds is 3. The molecule has 114 valence electrons. The van der Waals surface area contributed by atoms with Gasteiger partial charge in [0.05, 0.1) is 16.9 Å². The minimum atomic E-state index is -0.387. The van der Waals surface area contributed by atoms with E-state index in [4.69, 9.17) is 9.31 Å².